The molecule has 0 aliphatic carbocycles. The molecule has 0 aliphatic heterocycles. The number of anilines is 1. The summed E-state index contributed by atoms with van der Waals surface area (Å²) in [6.07, 6.45) is 0.382. The Morgan fingerprint density at radius 1 is 1.44 bits per heavy atom. The summed E-state index contributed by atoms with van der Waals surface area (Å²) in [5, 5.41) is 0. The van der Waals surface area contributed by atoms with Gasteiger partial charge >= 0.3 is 0 Å². The lowest BCUT2D eigenvalue weighted by atomic mass is 10.1. The van der Waals surface area contributed by atoms with Crippen LogP contribution in [0.25, 0.3) is 0 Å². The zero-order valence-electron chi connectivity index (χ0n) is 11.3. The number of nitrogens with two attached hydrogens (primary N) is 1. The quantitative estimate of drug-likeness (QED) is 0.782. The van der Waals surface area contributed by atoms with Gasteiger partial charge in [0.2, 0.25) is 5.91 Å². The van der Waals surface area contributed by atoms with Gasteiger partial charge in [0, 0.05) is 25.4 Å². The van der Waals surface area contributed by atoms with Crippen LogP contribution < -0.4 is 5.73 Å². The van der Waals surface area contributed by atoms with E-state index in [2.05, 4.69) is 0 Å². The second-order valence-electron chi connectivity index (χ2n) is 4.60. The molecular weight excluding hydrogens is 228 g/mol. The molecule has 0 aromatic heterocycles. The first-order chi connectivity index (χ1) is 8.54. The number of rotatable bonds is 6. The van der Waals surface area contributed by atoms with Crippen LogP contribution in [0.2, 0.25) is 0 Å². The molecule has 4 nitrogen and oxygen atoms in total. The summed E-state index contributed by atoms with van der Waals surface area (Å²) in [5.74, 6) is 0.104. The number of hydrogen-bond donors (Lipinski definition) is 1. The standard InChI is InChI=1S/C14H22N2O2/c1-11(2)16(7-8-18-3)14(17)10-12-5-4-6-13(15)9-12/h4-6,9,11H,7-8,10,15H2,1-3H3. The van der Waals surface area contributed by atoms with Crippen molar-refractivity contribution in [1.82, 2.24) is 4.90 Å². The Labute approximate surface area is 109 Å². The largest absolute Gasteiger partial charge is 0.399 e. The second kappa shape index (κ2) is 7.01. The molecule has 1 aromatic carbocycles. The molecule has 1 rings (SSSR count). The van der Waals surface area contributed by atoms with Crippen molar-refractivity contribution in [2.75, 3.05) is 26.0 Å². The zero-order valence-corrected chi connectivity index (χ0v) is 11.3. The van der Waals surface area contributed by atoms with Crippen LogP contribution in [0.1, 0.15) is 19.4 Å². The normalized spacial score (nSPS) is 10.7. The molecule has 18 heavy (non-hydrogen) atoms. The van der Waals surface area contributed by atoms with Crippen LogP contribution in [0, 0.1) is 0 Å². The predicted molar refractivity (Wildman–Crippen MR) is 73.3 cm³/mol. The summed E-state index contributed by atoms with van der Waals surface area (Å²) in [5.41, 5.74) is 7.34. The number of ether oxygens (including phenoxy) is 1. The van der Waals surface area contributed by atoms with Crippen LogP contribution >= 0.6 is 0 Å². The lowest BCUT2D eigenvalue weighted by Gasteiger charge is -2.26. The first kappa shape index (κ1) is 14.5. The SMILES string of the molecule is COCCN(C(=O)Cc1cccc(N)c1)C(C)C. The molecule has 0 bridgehead atoms. The van der Waals surface area contributed by atoms with Crippen LogP contribution in [-0.2, 0) is 16.0 Å². The highest BCUT2D eigenvalue weighted by atomic mass is 16.5. The predicted octanol–water partition coefficient (Wildman–Crippen LogP) is 1.69. The minimum absolute atomic E-state index is 0.104. The Hall–Kier alpha value is -1.55. The summed E-state index contributed by atoms with van der Waals surface area (Å²) in [6, 6.07) is 7.62. The molecule has 0 saturated heterocycles. The Kier molecular flexibility index (Phi) is 5.65. The molecule has 4 heteroatoms. The second-order valence-corrected chi connectivity index (χ2v) is 4.60. The topological polar surface area (TPSA) is 55.6 Å². The molecule has 2 N–H and O–H groups in total. The molecular formula is C14H22N2O2. The number of methoxy groups -OCH3 is 1. The van der Waals surface area contributed by atoms with Gasteiger partial charge in [-0.2, -0.15) is 0 Å². The number of nitrogen functional groups attached to an aromatic ring is 1. The Morgan fingerprint density at radius 3 is 2.72 bits per heavy atom. The third-order valence-corrected chi connectivity index (χ3v) is 2.79. The van der Waals surface area contributed by atoms with Gasteiger partial charge in [0.1, 0.15) is 0 Å². The Morgan fingerprint density at radius 2 is 2.17 bits per heavy atom. The number of nitrogens with zero attached hydrogens (tertiary/aromatic N) is 1. The van der Waals surface area contributed by atoms with Crippen molar-refractivity contribution < 1.29 is 9.53 Å². The third kappa shape index (κ3) is 4.37. The van der Waals surface area contributed by atoms with Crippen LogP contribution in [0.4, 0.5) is 5.69 Å². The molecule has 1 aromatic rings. The van der Waals surface area contributed by atoms with Gasteiger partial charge in [-0.3, -0.25) is 4.79 Å². The van der Waals surface area contributed by atoms with Crippen molar-refractivity contribution in [1.29, 1.82) is 0 Å². The first-order valence-electron chi connectivity index (χ1n) is 6.17. The van der Waals surface area contributed by atoms with Crippen LogP contribution in [0.3, 0.4) is 0 Å². The van der Waals surface area contributed by atoms with Crippen molar-refractivity contribution in [2.45, 2.75) is 26.3 Å². The maximum atomic E-state index is 12.2. The summed E-state index contributed by atoms with van der Waals surface area (Å²) in [7, 11) is 1.64. The number of carbonyl (C=O) groups excluding carboxylic acids is 1. The van der Waals surface area contributed by atoms with Gasteiger partial charge in [0.15, 0.2) is 0 Å². The summed E-state index contributed by atoms with van der Waals surface area (Å²) in [6.45, 7) is 5.19. The molecule has 0 atom stereocenters. The van der Waals surface area contributed by atoms with E-state index in [4.69, 9.17) is 10.5 Å². The summed E-state index contributed by atoms with van der Waals surface area (Å²) in [4.78, 5) is 14.0. The van der Waals surface area contributed by atoms with Crippen LogP contribution in [-0.4, -0.2) is 37.1 Å². The van der Waals surface area contributed by atoms with Crippen molar-refractivity contribution >= 4 is 11.6 Å². The zero-order chi connectivity index (χ0) is 13.5. The molecule has 1 amide bonds. The van der Waals surface area contributed by atoms with E-state index in [0.29, 0.717) is 25.3 Å². The highest BCUT2D eigenvalue weighted by Gasteiger charge is 2.16. The number of amides is 1. The van der Waals surface area contributed by atoms with Gasteiger partial charge in [-0.1, -0.05) is 12.1 Å². The molecule has 0 heterocycles. The van der Waals surface area contributed by atoms with E-state index in [0.717, 1.165) is 5.56 Å². The lowest BCUT2D eigenvalue weighted by Crippen LogP contribution is -2.40. The summed E-state index contributed by atoms with van der Waals surface area (Å²) >= 11 is 0. The van der Waals surface area contributed by atoms with E-state index in [1.54, 1.807) is 7.11 Å². The number of benzene rings is 1. The molecule has 0 aliphatic rings. The molecule has 0 radical (unpaired) electrons. The minimum atomic E-state index is 0.104. The van der Waals surface area contributed by atoms with Gasteiger partial charge in [-0.25, -0.2) is 0 Å². The van der Waals surface area contributed by atoms with Crippen molar-refractivity contribution in [3.05, 3.63) is 29.8 Å². The third-order valence-electron chi connectivity index (χ3n) is 2.79. The van der Waals surface area contributed by atoms with Crippen molar-refractivity contribution in [3.8, 4) is 0 Å². The monoisotopic (exact) mass is 250 g/mol. The highest BCUT2D eigenvalue weighted by Crippen LogP contribution is 2.10. The smallest absolute Gasteiger partial charge is 0.227 e. The van der Waals surface area contributed by atoms with Crippen LogP contribution in [0.5, 0.6) is 0 Å². The Balaban J connectivity index is 2.66. The first-order valence-corrected chi connectivity index (χ1v) is 6.17. The van der Waals surface area contributed by atoms with E-state index in [-0.39, 0.29) is 11.9 Å². The molecule has 0 unspecified atom stereocenters. The maximum absolute atomic E-state index is 12.2. The maximum Gasteiger partial charge on any atom is 0.227 e. The lowest BCUT2D eigenvalue weighted by molar-refractivity contribution is -0.132. The van der Waals surface area contributed by atoms with Gasteiger partial charge < -0.3 is 15.4 Å². The Bertz CT molecular complexity index is 391. The average Bonchev–Trinajstić information content (AvgIpc) is 2.29. The van der Waals surface area contributed by atoms with E-state index in [1.807, 2.05) is 43.0 Å². The summed E-state index contributed by atoms with van der Waals surface area (Å²) < 4.78 is 5.03. The number of hydrogen-bond acceptors (Lipinski definition) is 3. The van der Waals surface area contributed by atoms with Gasteiger partial charge in [-0.15, -0.1) is 0 Å². The van der Waals surface area contributed by atoms with E-state index in [1.165, 1.54) is 0 Å². The van der Waals surface area contributed by atoms with Crippen molar-refractivity contribution in [2.24, 2.45) is 0 Å². The van der Waals surface area contributed by atoms with Crippen LogP contribution in [0.15, 0.2) is 24.3 Å². The fourth-order valence-corrected chi connectivity index (χ4v) is 1.84. The van der Waals surface area contributed by atoms with Gasteiger partial charge in [0.05, 0.1) is 13.0 Å². The van der Waals surface area contributed by atoms with E-state index < -0.39 is 0 Å². The van der Waals surface area contributed by atoms with Gasteiger partial charge in [0.25, 0.3) is 0 Å². The van der Waals surface area contributed by atoms with Crippen molar-refractivity contribution in [3.63, 3.8) is 0 Å². The fourth-order valence-electron chi connectivity index (χ4n) is 1.84. The molecule has 100 valence electrons. The molecule has 0 fully saturated rings. The molecule has 0 saturated carbocycles. The minimum Gasteiger partial charge on any atom is -0.399 e. The highest BCUT2D eigenvalue weighted by molar-refractivity contribution is 5.79. The molecule has 0 spiro atoms. The van der Waals surface area contributed by atoms with E-state index >= 15 is 0 Å². The van der Waals surface area contributed by atoms with Gasteiger partial charge in [-0.05, 0) is 31.5 Å². The average molecular weight is 250 g/mol. The van der Waals surface area contributed by atoms with E-state index in [9.17, 15) is 4.79 Å². The number of carbonyl (C=O) groups is 1. The fraction of sp³-hybridized carbons (Fsp3) is 0.500.